The maximum atomic E-state index is 12.9. The van der Waals surface area contributed by atoms with E-state index in [4.69, 9.17) is 14.2 Å². The second-order valence-electron chi connectivity index (χ2n) is 21.9. The predicted octanol–water partition coefficient (Wildman–Crippen LogP) is 21.0. The highest BCUT2D eigenvalue weighted by atomic mass is 16.6. The van der Waals surface area contributed by atoms with Crippen molar-refractivity contribution in [3.05, 3.63) is 0 Å². The molecule has 0 heterocycles. The molecule has 0 rings (SSSR count). The number of hydrogen-bond donors (Lipinski definition) is 0. The number of unbranched alkanes of at least 4 members (excludes halogenated alkanes) is 44. The molecule has 0 aromatic rings. The zero-order chi connectivity index (χ0) is 50.2. The first-order chi connectivity index (χ1) is 33.9. The Morgan fingerprint density at radius 2 is 0.507 bits per heavy atom. The summed E-state index contributed by atoms with van der Waals surface area (Å²) >= 11 is 0. The lowest BCUT2D eigenvalue weighted by molar-refractivity contribution is -0.167. The summed E-state index contributed by atoms with van der Waals surface area (Å²) in [6, 6.07) is 0. The number of esters is 3. The average Bonchev–Trinajstić information content (AvgIpc) is 3.35. The minimum absolute atomic E-state index is 0.0614. The minimum atomic E-state index is -0.762. The molecule has 69 heavy (non-hydrogen) atoms. The van der Waals surface area contributed by atoms with Gasteiger partial charge >= 0.3 is 17.9 Å². The Hall–Kier alpha value is -1.59. The van der Waals surface area contributed by atoms with Crippen molar-refractivity contribution >= 4 is 17.9 Å². The molecular formula is C63H122O6. The molecule has 0 saturated carbocycles. The van der Waals surface area contributed by atoms with Crippen molar-refractivity contribution < 1.29 is 28.6 Å². The Morgan fingerprint density at radius 1 is 0.290 bits per heavy atom. The molecule has 6 heteroatoms. The first-order valence-corrected chi connectivity index (χ1v) is 31.4. The molecule has 0 saturated heterocycles. The van der Waals surface area contributed by atoms with Crippen LogP contribution in [0, 0.1) is 5.92 Å². The van der Waals surface area contributed by atoms with Crippen LogP contribution in [0.5, 0.6) is 0 Å². The van der Waals surface area contributed by atoms with E-state index in [2.05, 4.69) is 27.7 Å². The van der Waals surface area contributed by atoms with Crippen molar-refractivity contribution in [2.45, 2.75) is 368 Å². The van der Waals surface area contributed by atoms with Crippen LogP contribution < -0.4 is 0 Å². The highest BCUT2D eigenvalue weighted by Crippen LogP contribution is 2.19. The van der Waals surface area contributed by atoms with Crippen molar-refractivity contribution in [1.82, 2.24) is 0 Å². The van der Waals surface area contributed by atoms with E-state index >= 15 is 0 Å². The summed E-state index contributed by atoms with van der Waals surface area (Å²) in [6.07, 6.45) is 63.9. The molecule has 0 amide bonds. The van der Waals surface area contributed by atoms with E-state index in [1.807, 2.05) is 0 Å². The average molecular weight is 976 g/mol. The molecule has 1 unspecified atom stereocenters. The molecule has 0 aromatic heterocycles. The Balaban J connectivity index is 4.19. The Kier molecular flexibility index (Phi) is 56.0. The lowest BCUT2D eigenvalue weighted by atomic mass is 9.99. The van der Waals surface area contributed by atoms with E-state index in [0.29, 0.717) is 19.3 Å². The van der Waals surface area contributed by atoms with Crippen LogP contribution >= 0.6 is 0 Å². The van der Waals surface area contributed by atoms with Gasteiger partial charge in [-0.3, -0.25) is 14.4 Å². The van der Waals surface area contributed by atoms with E-state index in [0.717, 1.165) is 63.7 Å². The third-order valence-corrected chi connectivity index (χ3v) is 14.9. The lowest BCUT2D eigenvalue weighted by Gasteiger charge is -2.18. The molecule has 0 N–H and O–H groups in total. The standard InChI is InChI=1S/C63H122O6/c1-5-8-10-12-14-16-18-19-20-21-22-26-29-32-35-39-43-47-51-55-62(65)68-58-60(57-67-61(64)54-50-46-42-38-17-15-13-11-9-6-2)69-63(66)56-52-48-44-40-36-33-30-27-24-23-25-28-31-34-37-41-45-49-53-59(4)7-3/h59-60H,5-58H2,1-4H3/t59?,60-/m1/s1. The van der Waals surface area contributed by atoms with Crippen LogP contribution in [-0.2, 0) is 28.6 Å². The molecule has 0 aliphatic rings. The summed E-state index contributed by atoms with van der Waals surface area (Å²) < 4.78 is 16.9. The number of carbonyl (C=O) groups excluding carboxylic acids is 3. The van der Waals surface area contributed by atoms with Gasteiger partial charge in [0, 0.05) is 19.3 Å². The SMILES string of the molecule is CCCCCCCCCCCCCCCCCCCCCC(=O)OC[C@@H](COC(=O)CCCCCCCCCCCC)OC(=O)CCCCCCCCCCCCCCCCCCCCC(C)CC. The Morgan fingerprint density at radius 3 is 0.754 bits per heavy atom. The van der Waals surface area contributed by atoms with Crippen LogP contribution in [0.1, 0.15) is 362 Å². The maximum absolute atomic E-state index is 12.9. The van der Waals surface area contributed by atoms with Crippen LogP contribution in [0.3, 0.4) is 0 Å². The molecule has 0 bridgehead atoms. The molecule has 6 nitrogen and oxygen atoms in total. The second-order valence-corrected chi connectivity index (χ2v) is 21.9. The van der Waals surface area contributed by atoms with E-state index < -0.39 is 6.10 Å². The van der Waals surface area contributed by atoms with Gasteiger partial charge in [-0.2, -0.15) is 0 Å². The van der Waals surface area contributed by atoms with Gasteiger partial charge in [0.05, 0.1) is 0 Å². The van der Waals surface area contributed by atoms with Gasteiger partial charge in [-0.1, -0.05) is 323 Å². The number of rotatable bonds is 58. The van der Waals surface area contributed by atoms with Gasteiger partial charge in [0.2, 0.25) is 0 Å². The van der Waals surface area contributed by atoms with Gasteiger partial charge in [-0.25, -0.2) is 0 Å². The lowest BCUT2D eigenvalue weighted by Crippen LogP contribution is -2.30. The molecule has 0 spiro atoms. The van der Waals surface area contributed by atoms with Gasteiger partial charge in [0.15, 0.2) is 6.10 Å². The Bertz CT molecular complexity index is 1040. The fourth-order valence-corrected chi connectivity index (χ4v) is 9.78. The molecule has 0 aromatic carbocycles. The van der Waals surface area contributed by atoms with E-state index in [-0.39, 0.29) is 31.1 Å². The van der Waals surface area contributed by atoms with Gasteiger partial charge in [0.25, 0.3) is 0 Å². The van der Waals surface area contributed by atoms with Crippen LogP contribution in [0.15, 0.2) is 0 Å². The molecule has 0 aliphatic carbocycles. The summed E-state index contributed by atoms with van der Waals surface area (Å²) in [4.78, 5) is 38.2. The zero-order valence-electron chi connectivity index (χ0n) is 47.3. The van der Waals surface area contributed by atoms with Crippen LogP contribution in [0.4, 0.5) is 0 Å². The summed E-state index contributed by atoms with van der Waals surface area (Å²) in [7, 11) is 0. The molecule has 0 fully saturated rings. The second kappa shape index (κ2) is 57.3. The summed E-state index contributed by atoms with van der Waals surface area (Å²) in [6.45, 7) is 9.11. The quantitative estimate of drug-likeness (QED) is 0.0343. The third kappa shape index (κ3) is 55.6. The third-order valence-electron chi connectivity index (χ3n) is 14.9. The summed E-state index contributed by atoms with van der Waals surface area (Å²) in [5, 5.41) is 0. The topological polar surface area (TPSA) is 78.9 Å². The molecule has 2 atom stereocenters. The first-order valence-electron chi connectivity index (χ1n) is 31.4. The van der Waals surface area contributed by atoms with Crippen molar-refractivity contribution in [1.29, 1.82) is 0 Å². The molecular weight excluding hydrogens is 853 g/mol. The Labute approximate surface area is 431 Å². The number of ether oxygens (including phenoxy) is 3. The smallest absolute Gasteiger partial charge is 0.306 e. The fourth-order valence-electron chi connectivity index (χ4n) is 9.78. The van der Waals surface area contributed by atoms with Gasteiger partial charge in [-0.05, 0) is 25.2 Å². The number of carbonyl (C=O) groups is 3. The first kappa shape index (κ1) is 67.4. The number of hydrogen-bond acceptors (Lipinski definition) is 6. The molecule has 0 aliphatic heterocycles. The van der Waals surface area contributed by atoms with Crippen LogP contribution in [0.25, 0.3) is 0 Å². The van der Waals surface area contributed by atoms with Crippen molar-refractivity contribution in [3.8, 4) is 0 Å². The van der Waals surface area contributed by atoms with Gasteiger partial charge in [-0.15, -0.1) is 0 Å². The van der Waals surface area contributed by atoms with Crippen LogP contribution in [0.2, 0.25) is 0 Å². The van der Waals surface area contributed by atoms with Crippen molar-refractivity contribution in [2.75, 3.05) is 13.2 Å². The molecule has 0 radical (unpaired) electrons. The van der Waals surface area contributed by atoms with Crippen molar-refractivity contribution in [2.24, 2.45) is 5.92 Å². The summed E-state index contributed by atoms with van der Waals surface area (Å²) in [5.74, 6) is 0.0770. The van der Waals surface area contributed by atoms with Crippen LogP contribution in [-0.4, -0.2) is 37.2 Å². The van der Waals surface area contributed by atoms with Gasteiger partial charge in [0.1, 0.15) is 13.2 Å². The largest absolute Gasteiger partial charge is 0.462 e. The molecule has 410 valence electrons. The highest BCUT2D eigenvalue weighted by molar-refractivity contribution is 5.71. The highest BCUT2D eigenvalue weighted by Gasteiger charge is 2.19. The van der Waals surface area contributed by atoms with E-state index in [1.54, 1.807) is 0 Å². The van der Waals surface area contributed by atoms with Gasteiger partial charge < -0.3 is 14.2 Å². The fraction of sp³-hybridized carbons (Fsp3) is 0.952. The normalized spacial score (nSPS) is 12.3. The monoisotopic (exact) mass is 975 g/mol. The summed E-state index contributed by atoms with van der Waals surface area (Å²) in [5.41, 5.74) is 0. The minimum Gasteiger partial charge on any atom is -0.462 e. The van der Waals surface area contributed by atoms with Crippen molar-refractivity contribution in [3.63, 3.8) is 0 Å². The van der Waals surface area contributed by atoms with E-state index in [9.17, 15) is 14.4 Å². The predicted molar refractivity (Wildman–Crippen MR) is 298 cm³/mol. The maximum Gasteiger partial charge on any atom is 0.306 e. The van der Waals surface area contributed by atoms with E-state index in [1.165, 1.54) is 257 Å². The zero-order valence-corrected chi connectivity index (χ0v) is 47.3.